The van der Waals surface area contributed by atoms with Gasteiger partial charge in [0.1, 0.15) is 5.75 Å². The first-order valence-electron chi connectivity index (χ1n) is 11.6. The number of hydrogen-bond donors (Lipinski definition) is 1. The first kappa shape index (κ1) is 21.8. The molecule has 0 fully saturated rings. The van der Waals surface area contributed by atoms with Crippen LogP contribution in [0.15, 0.2) is 83.8 Å². The first-order valence-corrected chi connectivity index (χ1v) is 11.6. The summed E-state index contributed by atoms with van der Waals surface area (Å²) in [5.74, 6) is 0.646. The maximum atomic E-state index is 13.3. The van der Waals surface area contributed by atoms with E-state index in [2.05, 4.69) is 11.1 Å². The number of rotatable bonds is 8. The van der Waals surface area contributed by atoms with Gasteiger partial charge in [0, 0.05) is 30.1 Å². The lowest BCUT2D eigenvalue weighted by atomic mass is 10.1. The molecule has 5 aromatic rings. The van der Waals surface area contributed by atoms with Gasteiger partial charge in [-0.2, -0.15) is 0 Å². The molecule has 0 aliphatic carbocycles. The van der Waals surface area contributed by atoms with Gasteiger partial charge in [-0.25, -0.2) is 9.36 Å². The van der Waals surface area contributed by atoms with Crippen LogP contribution < -0.4 is 10.4 Å². The minimum Gasteiger partial charge on any atom is -0.497 e. The molecule has 0 atom stereocenters. The predicted molar refractivity (Wildman–Crippen MR) is 135 cm³/mol. The number of ether oxygens (including phenoxy) is 1. The summed E-state index contributed by atoms with van der Waals surface area (Å²) in [4.78, 5) is 29.7. The van der Waals surface area contributed by atoms with Gasteiger partial charge in [0.25, 0.3) is 0 Å². The van der Waals surface area contributed by atoms with Gasteiger partial charge in [0.15, 0.2) is 0 Å². The van der Waals surface area contributed by atoms with Gasteiger partial charge in [-0.3, -0.25) is 9.36 Å². The zero-order valence-electron chi connectivity index (χ0n) is 19.2. The second-order valence-corrected chi connectivity index (χ2v) is 8.46. The smallest absolute Gasteiger partial charge is 0.335 e. The molecular weight excluding hydrogens is 426 g/mol. The quantitative estimate of drug-likeness (QED) is 0.351. The molecule has 0 amide bonds. The van der Waals surface area contributed by atoms with Gasteiger partial charge >= 0.3 is 5.69 Å². The van der Waals surface area contributed by atoms with Crippen LogP contribution in [-0.2, 0) is 19.4 Å². The maximum absolute atomic E-state index is 13.3. The number of nitrogens with one attached hydrogen (secondary N) is 1. The molecule has 34 heavy (non-hydrogen) atoms. The highest BCUT2D eigenvalue weighted by atomic mass is 16.5. The van der Waals surface area contributed by atoms with Crippen molar-refractivity contribution in [3.8, 4) is 5.75 Å². The fourth-order valence-corrected chi connectivity index (χ4v) is 4.58. The summed E-state index contributed by atoms with van der Waals surface area (Å²) in [6.07, 6.45) is 4.45. The summed E-state index contributed by atoms with van der Waals surface area (Å²) in [6, 6.07) is 23.5. The van der Waals surface area contributed by atoms with Crippen molar-refractivity contribution in [3.05, 3.63) is 101 Å². The number of methoxy groups -OCH3 is 1. The highest BCUT2D eigenvalue weighted by molar-refractivity contribution is 5.90. The van der Waals surface area contributed by atoms with E-state index in [0.29, 0.717) is 31.3 Å². The van der Waals surface area contributed by atoms with E-state index in [9.17, 15) is 9.59 Å². The van der Waals surface area contributed by atoms with E-state index in [-0.39, 0.29) is 11.6 Å². The number of carbonyl (C=O) groups excluding carboxylic acids is 1. The molecule has 0 unspecified atom stereocenters. The molecule has 172 valence electrons. The van der Waals surface area contributed by atoms with Gasteiger partial charge in [0.05, 0.1) is 18.1 Å². The number of benzene rings is 3. The van der Waals surface area contributed by atoms with E-state index in [1.807, 2.05) is 72.9 Å². The predicted octanol–water partition coefficient (Wildman–Crippen LogP) is 5.20. The number of aromatic amines is 1. The van der Waals surface area contributed by atoms with Crippen LogP contribution in [0, 0.1) is 0 Å². The maximum Gasteiger partial charge on any atom is 0.335 e. The Hall–Kier alpha value is -4.06. The van der Waals surface area contributed by atoms with Crippen molar-refractivity contribution in [1.82, 2.24) is 14.1 Å². The largest absolute Gasteiger partial charge is 0.497 e. The number of para-hydroxylation sites is 3. The molecule has 0 aliphatic heterocycles. The second kappa shape index (κ2) is 9.43. The Morgan fingerprint density at radius 1 is 0.912 bits per heavy atom. The molecule has 3 aromatic carbocycles. The van der Waals surface area contributed by atoms with E-state index in [4.69, 9.17) is 4.74 Å². The van der Waals surface area contributed by atoms with E-state index in [0.717, 1.165) is 39.7 Å². The Labute approximate surface area is 197 Å². The topological polar surface area (TPSA) is 69.0 Å². The van der Waals surface area contributed by atoms with Crippen LogP contribution in [0.2, 0.25) is 0 Å². The van der Waals surface area contributed by atoms with Crippen molar-refractivity contribution >= 4 is 27.8 Å². The standard InChI is InChI=1S/C28H27N3O3/c1-34-22-15-13-20(14-16-22)7-6-12-27(32)31-26-11-5-4-10-25(26)30(28(31)33)18-17-21-19-29-24-9-3-2-8-23(21)24/h2-5,8-11,13-16,19,29H,6-7,12,17-18H2,1H3. The molecule has 0 saturated heterocycles. The second-order valence-electron chi connectivity index (χ2n) is 8.46. The van der Waals surface area contributed by atoms with Crippen molar-refractivity contribution in [2.75, 3.05) is 7.11 Å². The molecule has 2 aromatic heterocycles. The number of carbonyl (C=O) groups is 1. The Morgan fingerprint density at radius 2 is 1.65 bits per heavy atom. The molecule has 1 N–H and O–H groups in total. The average molecular weight is 454 g/mol. The fourth-order valence-electron chi connectivity index (χ4n) is 4.58. The number of fused-ring (bicyclic) bond motifs is 2. The number of nitrogens with zero attached hydrogens (tertiary/aromatic N) is 2. The van der Waals surface area contributed by atoms with Gasteiger partial charge in [-0.05, 0) is 60.7 Å². The number of aryl methyl sites for hydroxylation is 3. The van der Waals surface area contributed by atoms with Crippen LogP contribution in [0.5, 0.6) is 5.75 Å². The normalized spacial score (nSPS) is 11.3. The van der Waals surface area contributed by atoms with E-state index in [1.54, 1.807) is 11.7 Å². The highest BCUT2D eigenvalue weighted by Crippen LogP contribution is 2.20. The van der Waals surface area contributed by atoms with Crippen LogP contribution in [0.25, 0.3) is 21.9 Å². The summed E-state index contributed by atoms with van der Waals surface area (Å²) in [7, 11) is 1.64. The van der Waals surface area contributed by atoms with Crippen molar-refractivity contribution in [2.24, 2.45) is 0 Å². The third-order valence-corrected chi connectivity index (χ3v) is 6.38. The monoisotopic (exact) mass is 453 g/mol. The molecule has 6 heteroatoms. The number of aromatic nitrogens is 3. The van der Waals surface area contributed by atoms with E-state index >= 15 is 0 Å². The van der Waals surface area contributed by atoms with E-state index in [1.165, 1.54) is 4.57 Å². The van der Waals surface area contributed by atoms with Crippen molar-refractivity contribution < 1.29 is 9.53 Å². The van der Waals surface area contributed by atoms with Crippen molar-refractivity contribution in [1.29, 1.82) is 0 Å². The van der Waals surface area contributed by atoms with Gasteiger partial charge in [-0.1, -0.05) is 42.5 Å². The molecule has 6 nitrogen and oxygen atoms in total. The van der Waals surface area contributed by atoms with Crippen molar-refractivity contribution in [2.45, 2.75) is 32.2 Å². The summed E-state index contributed by atoms with van der Waals surface area (Å²) in [5.41, 5.74) is 4.57. The number of hydrogen-bond acceptors (Lipinski definition) is 3. The van der Waals surface area contributed by atoms with Crippen molar-refractivity contribution in [3.63, 3.8) is 0 Å². The van der Waals surface area contributed by atoms with Gasteiger partial charge in [-0.15, -0.1) is 0 Å². The minimum atomic E-state index is -0.268. The highest BCUT2D eigenvalue weighted by Gasteiger charge is 2.18. The first-order chi connectivity index (χ1) is 16.7. The molecule has 0 saturated carbocycles. The Morgan fingerprint density at radius 3 is 2.44 bits per heavy atom. The van der Waals surface area contributed by atoms with Crippen LogP contribution >= 0.6 is 0 Å². The molecule has 2 heterocycles. The summed E-state index contributed by atoms with van der Waals surface area (Å²) in [5, 5.41) is 1.16. The van der Waals surface area contributed by atoms with Crippen LogP contribution in [0.4, 0.5) is 0 Å². The fraction of sp³-hybridized carbons (Fsp3) is 0.214. The minimum absolute atomic E-state index is 0.166. The Balaban J connectivity index is 1.34. The van der Waals surface area contributed by atoms with Crippen LogP contribution in [0.3, 0.4) is 0 Å². The number of H-pyrrole nitrogens is 1. The summed E-state index contributed by atoms with van der Waals surface area (Å²) >= 11 is 0. The zero-order chi connectivity index (χ0) is 23.5. The molecule has 5 rings (SSSR count). The summed E-state index contributed by atoms with van der Waals surface area (Å²) < 4.78 is 8.26. The molecule has 0 radical (unpaired) electrons. The SMILES string of the molecule is COc1ccc(CCCC(=O)n2c(=O)n(CCc3c[nH]c4ccccc34)c3ccccc32)cc1. The molecule has 0 aliphatic rings. The lowest BCUT2D eigenvalue weighted by Crippen LogP contribution is -2.29. The summed E-state index contributed by atoms with van der Waals surface area (Å²) in [6.45, 7) is 0.507. The number of imidazole rings is 1. The van der Waals surface area contributed by atoms with Crippen LogP contribution in [-0.4, -0.2) is 27.1 Å². The molecule has 0 spiro atoms. The third kappa shape index (κ3) is 4.15. The molecular formula is C28H27N3O3. The van der Waals surface area contributed by atoms with Gasteiger partial charge < -0.3 is 9.72 Å². The lowest BCUT2D eigenvalue weighted by Gasteiger charge is -2.05. The van der Waals surface area contributed by atoms with Crippen LogP contribution in [0.1, 0.15) is 28.8 Å². The lowest BCUT2D eigenvalue weighted by molar-refractivity contribution is 0.0900. The molecule has 0 bridgehead atoms. The average Bonchev–Trinajstić information content (AvgIpc) is 3.41. The Bertz CT molecular complexity index is 1510. The van der Waals surface area contributed by atoms with E-state index < -0.39 is 0 Å². The Kier molecular flexibility index (Phi) is 6.04. The third-order valence-electron chi connectivity index (χ3n) is 6.38. The zero-order valence-corrected chi connectivity index (χ0v) is 19.2. The van der Waals surface area contributed by atoms with Gasteiger partial charge in [0.2, 0.25) is 5.91 Å².